The van der Waals surface area contributed by atoms with Crippen LogP contribution in [-0.2, 0) is 21.1 Å². The molecule has 0 radical (unpaired) electrons. The molecule has 0 aliphatic carbocycles. The van der Waals surface area contributed by atoms with E-state index < -0.39 is 9.84 Å². The summed E-state index contributed by atoms with van der Waals surface area (Å²) in [6.45, 7) is 1.58. The molecule has 9 heteroatoms. The van der Waals surface area contributed by atoms with Crippen LogP contribution in [-0.4, -0.2) is 30.8 Å². The third-order valence-electron chi connectivity index (χ3n) is 5.26. The highest BCUT2D eigenvalue weighted by Crippen LogP contribution is 2.33. The Bertz CT molecular complexity index is 1460. The number of rotatable bonds is 8. The minimum absolute atomic E-state index is 0.0116. The molecule has 0 saturated heterocycles. The van der Waals surface area contributed by atoms with Gasteiger partial charge >= 0.3 is 0 Å². The van der Waals surface area contributed by atoms with Gasteiger partial charge in [-0.3, -0.25) is 9.59 Å². The van der Waals surface area contributed by atoms with Gasteiger partial charge in [-0.15, -0.1) is 0 Å². The second kappa shape index (κ2) is 10.5. The first-order valence-electron chi connectivity index (χ1n) is 10.7. The Kier molecular flexibility index (Phi) is 7.45. The van der Waals surface area contributed by atoms with Crippen LogP contribution >= 0.6 is 22.9 Å². The molecule has 4 rings (SSSR count). The number of ketones is 1. The second-order valence-corrected chi connectivity index (χ2v) is 11.4. The number of aromatic nitrogens is 1. The molecule has 0 unspecified atom stereocenters. The molecule has 6 nitrogen and oxygen atoms in total. The topological polar surface area (TPSA) is 93.2 Å². The SMILES string of the molecule is CCS(=O)(=O)c1ccc(CC(=O)Nc2nc(-c3ccccc3)c(C(=O)c3ccc(Cl)cc3)s2)cc1. The molecule has 1 heterocycles. The van der Waals surface area contributed by atoms with Crippen LogP contribution in [0.2, 0.25) is 5.02 Å². The number of nitrogens with one attached hydrogen (secondary N) is 1. The molecule has 35 heavy (non-hydrogen) atoms. The molecule has 0 aliphatic rings. The summed E-state index contributed by atoms with van der Waals surface area (Å²) in [4.78, 5) is 31.1. The fourth-order valence-corrected chi connectivity index (χ4v) is 5.36. The van der Waals surface area contributed by atoms with Gasteiger partial charge in [0.15, 0.2) is 15.0 Å². The number of carbonyl (C=O) groups excluding carboxylic acids is 2. The van der Waals surface area contributed by atoms with Gasteiger partial charge in [0.1, 0.15) is 4.88 Å². The fourth-order valence-electron chi connectivity index (χ4n) is 3.38. The molecule has 0 atom stereocenters. The standard InChI is InChI=1S/C26H21ClN2O4S2/c1-2-35(32,33)21-14-8-17(9-15-21)16-22(30)28-26-29-23(18-6-4-3-5-7-18)25(34-26)24(31)19-10-12-20(27)13-11-19/h3-15H,2,16H2,1H3,(H,28,29,30). The Hall–Kier alpha value is -3.33. The average Bonchev–Trinajstić information content (AvgIpc) is 3.28. The van der Waals surface area contributed by atoms with Gasteiger partial charge in [0.25, 0.3) is 0 Å². The summed E-state index contributed by atoms with van der Waals surface area (Å²) in [5, 5.41) is 3.60. The summed E-state index contributed by atoms with van der Waals surface area (Å²) in [5.74, 6) is -0.529. The van der Waals surface area contributed by atoms with E-state index in [1.54, 1.807) is 43.3 Å². The summed E-state index contributed by atoms with van der Waals surface area (Å²) in [6, 6.07) is 22.1. The predicted molar refractivity (Wildman–Crippen MR) is 139 cm³/mol. The van der Waals surface area contributed by atoms with Crippen molar-refractivity contribution >= 4 is 49.6 Å². The van der Waals surface area contributed by atoms with Crippen LogP contribution in [0.5, 0.6) is 0 Å². The molecular weight excluding hydrogens is 504 g/mol. The number of thiazole rings is 1. The number of hydrogen-bond donors (Lipinski definition) is 1. The van der Waals surface area contributed by atoms with Gasteiger partial charge in [0.2, 0.25) is 11.7 Å². The van der Waals surface area contributed by atoms with Crippen LogP contribution in [0.15, 0.2) is 83.8 Å². The fraction of sp³-hybridized carbons (Fsp3) is 0.115. The van der Waals surface area contributed by atoms with Crippen LogP contribution < -0.4 is 5.32 Å². The van der Waals surface area contributed by atoms with Crippen molar-refractivity contribution in [2.75, 3.05) is 11.1 Å². The van der Waals surface area contributed by atoms with E-state index in [0.29, 0.717) is 31.9 Å². The van der Waals surface area contributed by atoms with E-state index in [9.17, 15) is 18.0 Å². The molecule has 0 saturated carbocycles. The van der Waals surface area contributed by atoms with Crippen LogP contribution in [0.25, 0.3) is 11.3 Å². The normalized spacial score (nSPS) is 11.3. The Morgan fingerprint density at radius 2 is 1.60 bits per heavy atom. The molecule has 0 bridgehead atoms. The van der Waals surface area contributed by atoms with Crippen LogP contribution in [0.1, 0.15) is 27.7 Å². The van der Waals surface area contributed by atoms with E-state index in [2.05, 4.69) is 10.3 Å². The Labute approximate surface area is 212 Å². The molecule has 0 fully saturated rings. The van der Waals surface area contributed by atoms with Gasteiger partial charge in [0, 0.05) is 16.1 Å². The van der Waals surface area contributed by atoms with Gasteiger partial charge in [-0.25, -0.2) is 13.4 Å². The zero-order valence-corrected chi connectivity index (χ0v) is 21.1. The van der Waals surface area contributed by atoms with E-state index >= 15 is 0 Å². The number of nitrogens with zero attached hydrogens (tertiary/aromatic N) is 1. The lowest BCUT2D eigenvalue weighted by molar-refractivity contribution is -0.115. The summed E-state index contributed by atoms with van der Waals surface area (Å²) in [5.41, 5.74) is 2.37. The monoisotopic (exact) mass is 524 g/mol. The first kappa shape index (κ1) is 24.8. The number of carbonyl (C=O) groups is 2. The van der Waals surface area contributed by atoms with Crippen molar-refractivity contribution in [1.82, 2.24) is 4.98 Å². The van der Waals surface area contributed by atoms with E-state index in [4.69, 9.17) is 11.6 Å². The van der Waals surface area contributed by atoms with E-state index in [0.717, 1.165) is 16.9 Å². The van der Waals surface area contributed by atoms with Gasteiger partial charge < -0.3 is 5.32 Å². The highest BCUT2D eigenvalue weighted by Gasteiger charge is 2.22. The van der Waals surface area contributed by atoms with Gasteiger partial charge in [-0.05, 0) is 42.0 Å². The van der Waals surface area contributed by atoms with E-state index in [1.807, 2.05) is 30.3 Å². The number of hydrogen-bond acceptors (Lipinski definition) is 6. The van der Waals surface area contributed by atoms with Crippen molar-refractivity contribution in [3.05, 3.63) is 99.9 Å². The lowest BCUT2D eigenvalue weighted by Gasteiger charge is -2.04. The number of amides is 1. The number of anilines is 1. The Morgan fingerprint density at radius 3 is 2.23 bits per heavy atom. The lowest BCUT2D eigenvalue weighted by Crippen LogP contribution is -2.14. The third kappa shape index (κ3) is 5.85. The van der Waals surface area contributed by atoms with Gasteiger partial charge in [-0.1, -0.05) is 72.3 Å². The minimum atomic E-state index is -3.30. The Morgan fingerprint density at radius 1 is 0.943 bits per heavy atom. The minimum Gasteiger partial charge on any atom is -0.302 e. The average molecular weight is 525 g/mol. The second-order valence-electron chi connectivity index (χ2n) is 7.67. The quantitative estimate of drug-likeness (QED) is 0.300. The van der Waals surface area contributed by atoms with Crippen molar-refractivity contribution in [1.29, 1.82) is 0 Å². The Balaban J connectivity index is 1.57. The van der Waals surface area contributed by atoms with E-state index in [1.165, 1.54) is 12.1 Å². The zero-order valence-electron chi connectivity index (χ0n) is 18.7. The van der Waals surface area contributed by atoms with Crippen molar-refractivity contribution in [2.24, 2.45) is 0 Å². The third-order valence-corrected chi connectivity index (χ3v) is 8.23. The number of benzene rings is 3. The first-order valence-corrected chi connectivity index (χ1v) is 13.6. The molecule has 1 N–H and O–H groups in total. The molecule has 3 aromatic carbocycles. The predicted octanol–water partition coefficient (Wildman–Crippen LogP) is 5.67. The summed E-state index contributed by atoms with van der Waals surface area (Å²) in [7, 11) is -3.30. The van der Waals surface area contributed by atoms with Crippen molar-refractivity contribution in [3.63, 3.8) is 0 Å². The van der Waals surface area contributed by atoms with Crippen molar-refractivity contribution in [2.45, 2.75) is 18.2 Å². The van der Waals surface area contributed by atoms with Gasteiger partial charge in [-0.2, -0.15) is 0 Å². The highest BCUT2D eigenvalue weighted by atomic mass is 35.5. The molecule has 1 aromatic heterocycles. The van der Waals surface area contributed by atoms with Crippen LogP contribution in [0.4, 0.5) is 5.13 Å². The maximum Gasteiger partial charge on any atom is 0.230 e. The highest BCUT2D eigenvalue weighted by molar-refractivity contribution is 7.91. The molecule has 0 aliphatic heterocycles. The van der Waals surface area contributed by atoms with Crippen LogP contribution in [0.3, 0.4) is 0 Å². The number of sulfone groups is 1. The summed E-state index contributed by atoms with van der Waals surface area (Å²) < 4.78 is 24.0. The van der Waals surface area contributed by atoms with E-state index in [-0.39, 0.29) is 28.8 Å². The number of halogens is 1. The van der Waals surface area contributed by atoms with Crippen molar-refractivity contribution in [3.8, 4) is 11.3 Å². The maximum absolute atomic E-state index is 13.2. The smallest absolute Gasteiger partial charge is 0.230 e. The molecule has 178 valence electrons. The molecule has 0 spiro atoms. The lowest BCUT2D eigenvalue weighted by atomic mass is 10.1. The zero-order chi connectivity index (χ0) is 25.0. The molecule has 1 amide bonds. The summed E-state index contributed by atoms with van der Waals surface area (Å²) >= 11 is 7.06. The first-order chi connectivity index (χ1) is 16.8. The van der Waals surface area contributed by atoms with Gasteiger partial charge in [0.05, 0.1) is 22.8 Å². The largest absolute Gasteiger partial charge is 0.302 e. The molecule has 4 aromatic rings. The van der Waals surface area contributed by atoms with Crippen LogP contribution in [0, 0.1) is 0 Å². The maximum atomic E-state index is 13.2. The molecular formula is C26H21ClN2O4S2. The van der Waals surface area contributed by atoms with Crippen molar-refractivity contribution < 1.29 is 18.0 Å². The summed E-state index contributed by atoms with van der Waals surface area (Å²) in [6.07, 6.45) is 0.0349.